The van der Waals surface area contributed by atoms with Gasteiger partial charge in [0.1, 0.15) is 5.54 Å². The molecule has 1 N–H and O–H groups in total. The molecule has 1 saturated heterocycles. The second-order valence-electron chi connectivity index (χ2n) is 5.14. The van der Waals surface area contributed by atoms with E-state index in [1.165, 1.54) is 7.11 Å². The van der Waals surface area contributed by atoms with E-state index in [0.717, 1.165) is 5.69 Å². The molecule has 1 aliphatic heterocycles. The van der Waals surface area contributed by atoms with E-state index in [4.69, 9.17) is 4.74 Å². The first-order chi connectivity index (χ1) is 9.61. The summed E-state index contributed by atoms with van der Waals surface area (Å²) in [5, 5.41) is 12.9. The Balaban J connectivity index is 2.13. The molecule has 5 heteroatoms. The molecule has 1 heterocycles. The third-order valence-corrected chi connectivity index (χ3v) is 3.89. The molecule has 5 nitrogen and oxygen atoms in total. The molecule has 1 aliphatic rings. The Morgan fingerprint density at radius 2 is 2.20 bits per heavy atom. The Morgan fingerprint density at radius 1 is 1.50 bits per heavy atom. The monoisotopic (exact) mass is 273 g/mol. The van der Waals surface area contributed by atoms with Crippen LogP contribution in [0.3, 0.4) is 0 Å². The van der Waals surface area contributed by atoms with Crippen molar-refractivity contribution in [1.29, 1.82) is 5.26 Å². The predicted molar refractivity (Wildman–Crippen MR) is 76.2 cm³/mol. The number of hydrogen-bond donors (Lipinski definition) is 1. The molecule has 2 rings (SSSR count). The summed E-state index contributed by atoms with van der Waals surface area (Å²) in [6.45, 7) is 3.01. The minimum Gasteiger partial charge on any atom is -0.453 e. The van der Waals surface area contributed by atoms with E-state index >= 15 is 0 Å². The largest absolute Gasteiger partial charge is 0.453 e. The second-order valence-corrected chi connectivity index (χ2v) is 5.14. The average Bonchev–Trinajstić information content (AvgIpc) is 2.49. The topological polar surface area (TPSA) is 65.4 Å². The smallest absolute Gasteiger partial charge is 0.409 e. The number of carbonyl (C=O) groups is 1. The van der Waals surface area contributed by atoms with Crippen LogP contribution in [-0.2, 0) is 4.74 Å². The van der Waals surface area contributed by atoms with Crippen molar-refractivity contribution in [2.24, 2.45) is 5.92 Å². The number of nitrogens with one attached hydrogen (secondary N) is 1. The van der Waals surface area contributed by atoms with Gasteiger partial charge in [0.15, 0.2) is 0 Å². The third-order valence-electron chi connectivity index (χ3n) is 3.89. The summed E-state index contributed by atoms with van der Waals surface area (Å²) in [5.41, 5.74) is 0.277. The Morgan fingerprint density at radius 3 is 2.75 bits per heavy atom. The molecule has 1 fully saturated rings. The molecule has 1 aromatic rings. The first-order valence-corrected chi connectivity index (χ1v) is 6.68. The normalized spacial score (nSPS) is 25.6. The van der Waals surface area contributed by atoms with Gasteiger partial charge >= 0.3 is 6.09 Å². The quantitative estimate of drug-likeness (QED) is 0.899. The number of nitrogens with zero attached hydrogens (tertiary/aromatic N) is 2. The van der Waals surface area contributed by atoms with Crippen LogP contribution in [-0.4, -0.2) is 36.7 Å². The minimum atomic E-state index is -0.647. The number of carbonyl (C=O) groups excluding carboxylic acids is 1. The van der Waals surface area contributed by atoms with Gasteiger partial charge in [0.05, 0.1) is 13.2 Å². The summed E-state index contributed by atoms with van der Waals surface area (Å²) in [6.07, 6.45) is 0.248. The predicted octanol–water partition coefficient (Wildman–Crippen LogP) is 2.47. The number of hydrogen-bond acceptors (Lipinski definition) is 4. The van der Waals surface area contributed by atoms with Gasteiger partial charge in [-0.25, -0.2) is 4.79 Å². The zero-order valence-electron chi connectivity index (χ0n) is 11.8. The van der Waals surface area contributed by atoms with E-state index in [0.29, 0.717) is 19.5 Å². The SMILES string of the molecule is COC(=O)N1CCC(C#N)(Nc2ccccc2)C(C)C1. The van der Waals surface area contributed by atoms with Crippen molar-refractivity contribution in [1.82, 2.24) is 4.90 Å². The Bertz CT molecular complexity index is 512. The number of methoxy groups -OCH3 is 1. The number of rotatable bonds is 2. The summed E-state index contributed by atoms with van der Waals surface area (Å²) in [6, 6.07) is 12.1. The third kappa shape index (κ3) is 2.69. The van der Waals surface area contributed by atoms with E-state index in [-0.39, 0.29) is 12.0 Å². The lowest BCUT2D eigenvalue weighted by molar-refractivity contribution is 0.0929. The number of likely N-dealkylation sites (tertiary alicyclic amines) is 1. The van der Waals surface area contributed by atoms with Crippen LogP contribution >= 0.6 is 0 Å². The van der Waals surface area contributed by atoms with Crippen molar-refractivity contribution in [3.63, 3.8) is 0 Å². The van der Waals surface area contributed by atoms with Crippen molar-refractivity contribution < 1.29 is 9.53 Å². The van der Waals surface area contributed by atoms with E-state index in [1.807, 2.05) is 37.3 Å². The van der Waals surface area contributed by atoms with Crippen LogP contribution in [0.2, 0.25) is 0 Å². The Labute approximate surface area is 119 Å². The number of para-hydroxylation sites is 1. The molecule has 0 bridgehead atoms. The van der Waals surface area contributed by atoms with E-state index < -0.39 is 5.54 Å². The van der Waals surface area contributed by atoms with Gasteiger partial charge in [-0.1, -0.05) is 25.1 Å². The van der Waals surface area contributed by atoms with Gasteiger partial charge in [0, 0.05) is 31.1 Å². The molecule has 0 aromatic heterocycles. The number of nitriles is 1. The van der Waals surface area contributed by atoms with Crippen LogP contribution in [0.4, 0.5) is 10.5 Å². The summed E-state index contributed by atoms with van der Waals surface area (Å²) in [4.78, 5) is 13.2. The Kier molecular flexibility index (Phi) is 4.14. The molecule has 106 valence electrons. The first kappa shape index (κ1) is 14.2. The van der Waals surface area contributed by atoms with Gasteiger partial charge in [-0.2, -0.15) is 5.26 Å². The maximum atomic E-state index is 11.6. The summed E-state index contributed by atoms with van der Waals surface area (Å²) >= 11 is 0. The van der Waals surface area contributed by atoms with Gasteiger partial charge in [0.2, 0.25) is 0 Å². The number of piperidine rings is 1. The summed E-state index contributed by atoms with van der Waals surface area (Å²) < 4.78 is 4.74. The standard InChI is InChI=1S/C15H19N3O2/c1-12-10-18(14(19)20-2)9-8-15(12,11-16)17-13-6-4-3-5-7-13/h3-7,12,17H,8-10H2,1-2H3. The van der Waals surface area contributed by atoms with Crippen molar-refractivity contribution in [3.05, 3.63) is 30.3 Å². The molecule has 2 atom stereocenters. The number of anilines is 1. The lowest BCUT2D eigenvalue weighted by Crippen LogP contribution is -2.55. The maximum Gasteiger partial charge on any atom is 0.409 e. The highest BCUT2D eigenvalue weighted by Gasteiger charge is 2.42. The van der Waals surface area contributed by atoms with E-state index in [1.54, 1.807) is 4.90 Å². The zero-order chi connectivity index (χ0) is 14.6. The fourth-order valence-corrected chi connectivity index (χ4v) is 2.59. The van der Waals surface area contributed by atoms with Crippen LogP contribution in [0.5, 0.6) is 0 Å². The molecule has 0 spiro atoms. The van der Waals surface area contributed by atoms with E-state index in [2.05, 4.69) is 11.4 Å². The molecule has 0 aliphatic carbocycles. The van der Waals surface area contributed by atoms with Crippen molar-refractivity contribution in [2.45, 2.75) is 18.9 Å². The van der Waals surface area contributed by atoms with Crippen molar-refractivity contribution >= 4 is 11.8 Å². The van der Waals surface area contributed by atoms with Gasteiger partial charge in [0.25, 0.3) is 0 Å². The van der Waals surface area contributed by atoms with Gasteiger partial charge < -0.3 is 15.0 Å². The van der Waals surface area contributed by atoms with Crippen molar-refractivity contribution in [3.8, 4) is 6.07 Å². The highest BCUT2D eigenvalue weighted by atomic mass is 16.5. The summed E-state index contributed by atoms with van der Waals surface area (Å²) in [5.74, 6) is 0.0144. The number of ether oxygens (including phenoxy) is 1. The fraction of sp³-hybridized carbons (Fsp3) is 0.467. The van der Waals surface area contributed by atoms with Crippen LogP contribution < -0.4 is 5.32 Å². The summed E-state index contributed by atoms with van der Waals surface area (Å²) in [7, 11) is 1.38. The van der Waals surface area contributed by atoms with Crippen LogP contribution in [0, 0.1) is 17.2 Å². The molecular formula is C15H19N3O2. The van der Waals surface area contributed by atoms with Gasteiger partial charge in [-0.15, -0.1) is 0 Å². The lowest BCUT2D eigenvalue weighted by atomic mass is 9.79. The van der Waals surface area contributed by atoms with E-state index in [9.17, 15) is 10.1 Å². The van der Waals surface area contributed by atoms with Gasteiger partial charge in [-0.05, 0) is 12.1 Å². The van der Waals surface area contributed by atoms with Crippen molar-refractivity contribution in [2.75, 3.05) is 25.5 Å². The molecule has 2 unspecified atom stereocenters. The molecule has 0 saturated carbocycles. The average molecular weight is 273 g/mol. The number of benzene rings is 1. The van der Waals surface area contributed by atoms with Crippen LogP contribution in [0.25, 0.3) is 0 Å². The molecule has 1 aromatic carbocycles. The molecule has 20 heavy (non-hydrogen) atoms. The number of amides is 1. The lowest BCUT2D eigenvalue weighted by Gasteiger charge is -2.42. The maximum absolute atomic E-state index is 11.6. The minimum absolute atomic E-state index is 0.0144. The van der Waals surface area contributed by atoms with Gasteiger partial charge in [-0.3, -0.25) is 0 Å². The zero-order valence-corrected chi connectivity index (χ0v) is 11.8. The van der Waals surface area contributed by atoms with Crippen LogP contribution in [0.1, 0.15) is 13.3 Å². The highest BCUT2D eigenvalue weighted by molar-refractivity contribution is 5.67. The molecular weight excluding hydrogens is 254 g/mol. The fourth-order valence-electron chi connectivity index (χ4n) is 2.59. The Hall–Kier alpha value is -2.22. The second kappa shape index (κ2) is 5.83. The van der Waals surface area contributed by atoms with Crippen LogP contribution in [0.15, 0.2) is 30.3 Å². The highest BCUT2D eigenvalue weighted by Crippen LogP contribution is 2.31. The molecule has 0 radical (unpaired) electrons. The first-order valence-electron chi connectivity index (χ1n) is 6.68. The molecule has 1 amide bonds.